The van der Waals surface area contributed by atoms with Crippen LogP contribution in [0.4, 0.5) is 0 Å². The summed E-state index contributed by atoms with van der Waals surface area (Å²) in [4.78, 5) is 12.9. The Hall–Kier alpha value is -1.59. The number of ether oxygens (including phenoxy) is 2. The van der Waals surface area contributed by atoms with E-state index >= 15 is 0 Å². The van der Waals surface area contributed by atoms with E-state index in [9.17, 15) is 9.90 Å². The normalized spacial score (nSPS) is 38.0. The van der Waals surface area contributed by atoms with Crippen LogP contribution >= 0.6 is 0 Å². The fourth-order valence-electron chi connectivity index (χ4n) is 6.56. The molecule has 1 aromatic rings. The summed E-state index contributed by atoms with van der Waals surface area (Å²) in [5.41, 5.74) is 0.200. The molecule has 1 amide bonds. The van der Waals surface area contributed by atoms with Crippen LogP contribution in [0, 0.1) is 23.7 Å². The first-order chi connectivity index (χ1) is 14.1. The van der Waals surface area contributed by atoms with Crippen molar-refractivity contribution in [1.29, 1.82) is 0 Å². The second-order valence-electron chi connectivity index (χ2n) is 9.94. The molecule has 5 heteroatoms. The summed E-state index contributed by atoms with van der Waals surface area (Å²) in [5, 5.41) is 14.1. The maximum absolute atomic E-state index is 12.9. The topological polar surface area (TPSA) is 67.8 Å². The number of amides is 1. The molecule has 4 saturated carbocycles. The summed E-state index contributed by atoms with van der Waals surface area (Å²) in [6.45, 7) is 2.38. The van der Waals surface area contributed by atoms with Gasteiger partial charge in [0, 0.05) is 24.8 Å². The van der Waals surface area contributed by atoms with Crippen molar-refractivity contribution in [3.05, 3.63) is 29.8 Å². The number of hydrogen-bond acceptors (Lipinski definition) is 4. The van der Waals surface area contributed by atoms with Crippen molar-refractivity contribution >= 4 is 5.91 Å². The Balaban J connectivity index is 1.17. The summed E-state index contributed by atoms with van der Waals surface area (Å²) in [6, 6.07) is 7.74. The summed E-state index contributed by atoms with van der Waals surface area (Å²) >= 11 is 0. The maximum atomic E-state index is 12.9. The maximum Gasteiger partial charge on any atom is 0.251 e. The highest BCUT2D eigenvalue weighted by Crippen LogP contribution is 2.55. The molecule has 3 atom stereocenters. The van der Waals surface area contributed by atoms with Crippen molar-refractivity contribution in [2.24, 2.45) is 23.7 Å². The van der Waals surface area contributed by atoms with Gasteiger partial charge >= 0.3 is 0 Å². The van der Waals surface area contributed by atoms with Crippen molar-refractivity contribution in [3.8, 4) is 5.75 Å². The number of carbonyl (C=O) groups is 1. The number of hydrogen-bond donors (Lipinski definition) is 2. The smallest absolute Gasteiger partial charge is 0.251 e. The average molecular weight is 400 g/mol. The number of nitrogens with one attached hydrogen (secondary N) is 1. The molecule has 1 aromatic carbocycles. The Kier molecular flexibility index (Phi) is 5.29. The lowest BCUT2D eigenvalue weighted by atomic mass is 9.52. The molecule has 0 spiro atoms. The average Bonchev–Trinajstić information content (AvgIpc) is 2.70. The second kappa shape index (κ2) is 7.92. The first-order valence-electron chi connectivity index (χ1n) is 11.4. The minimum atomic E-state index is -0.463. The van der Waals surface area contributed by atoms with Crippen LogP contribution in [0.15, 0.2) is 24.3 Å². The molecule has 3 unspecified atom stereocenters. The van der Waals surface area contributed by atoms with Gasteiger partial charge in [0.05, 0.1) is 12.2 Å². The highest BCUT2D eigenvalue weighted by Gasteiger charge is 2.55. The number of carbonyl (C=O) groups excluding carboxylic acids is 1. The van der Waals surface area contributed by atoms with E-state index in [1.807, 2.05) is 24.3 Å². The predicted molar refractivity (Wildman–Crippen MR) is 110 cm³/mol. The molecule has 29 heavy (non-hydrogen) atoms. The number of benzene rings is 1. The highest BCUT2D eigenvalue weighted by atomic mass is 16.5. The van der Waals surface area contributed by atoms with Crippen LogP contribution in [0.1, 0.15) is 61.7 Å². The zero-order chi connectivity index (χ0) is 19.8. The lowest BCUT2D eigenvalue weighted by Crippen LogP contribution is -2.61. The van der Waals surface area contributed by atoms with E-state index in [2.05, 4.69) is 5.32 Å². The summed E-state index contributed by atoms with van der Waals surface area (Å²) in [5.74, 6) is 2.83. The fraction of sp³-hybridized carbons (Fsp3) is 0.708. The molecular formula is C24H33NO4. The number of rotatable bonds is 6. The van der Waals surface area contributed by atoms with Gasteiger partial charge in [-0.05, 0) is 93.2 Å². The SMILES string of the molecule is O=C(NC1C2CC3CC1CC(O)(C3)C2)c1cccc(OCCC2CCCOC2)c1. The zero-order valence-electron chi connectivity index (χ0n) is 17.1. The quantitative estimate of drug-likeness (QED) is 0.768. The summed E-state index contributed by atoms with van der Waals surface area (Å²) in [6.07, 6.45) is 8.31. The van der Waals surface area contributed by atoms with Gasteiger partial charge in [0.1, 0.15) is 5.75 Å². The molecule has 5 aliphatic rings. The van der Waals surface area contributed by atoms with Gasteiger partial charge < -0.3 is 19.9 Å². The Morgan fingerprint density at radius 1 is 1.24 bits per heavy atom. The molecule has 2 N–H and O–H groups in total. The van der Waals surface area contributed by atoms with E-state index in [1.165, 1.54) is 6.42 Å². The molecule has 4 bridgehead atoms. The highest BCUT2D eigenvalue weighted by molar-refractivity contribution is 5.94. The molecule has 1 heterocycles. The van der Waals surface area contributed by atoms with Crippen molar-refractivity contribution < 1.29 is 19.4 Å². The monoisotopic (exact) mass is 399 g/mol. The van der Waals surface area contributed by atoms with Crippen molar-refractivity contribution in [1.82, 2.24) is 5.32 Å². The van der Waals surface area contributed by atoms with Gasteiger partial charge in [0.15, 0.2) is 0 Å². The van der Waals surface area contributed by atoms with Crippen molar-refractivity contribution in [3.63, 3.8) is 0 Å². The molecule has 6 rings (SSSR count). The minimum Gasteiger partial charge on any atom is -0.494 e. The van der Waals surface area contributed by atoms with Crippen LogP contribution in [0.2, 0.25) is 0 Å². The first-order valence-corrected chi connectivity index (χ1v) is 11.4. The number of aliphatic hydroxyl groups is 1. The van der Waals surface area contributed by atoms with Gasteiger partial charge in [0.25, 0.3) is 5.91 Å². The third kappa shape index (κ3) is 4.17. The third-order valence-corrected chi connectivity index (χ3v) is 7.68. The van der Waals surface area contributed by atoms with E-state index in [0.29, 0.717) is 35.8 Å². The van der Waals surface area contributed by atoms with E-state index < -0.39 is 5.60 Å². The lowest BCUT2D eigenvalue weighted by Gasteiger charge is -2.58. The van der Waals surface area contributed by atoms with Crippen LogP contribution in [0.5, 0.6) is 5.75 Å². The molecule has 4 aliphatic carbocycles. The predicted octanol–water partition coefficient (Wildman–Crippen LogP) is 3.55. The van der Waals surface area contributed by atoms with Gasteiger partial charge in [0.2, 0.25) is 0 Å². The Morgan fingerprint density at radius 3 is 2.79 bits per heavy atom. The second-order valence-corrected chi connectivity index (χ2v) is 9.94. The van der Waals surface area contributed by atoms with Crippen LogP contribution in [-0.4, -0.2) is 42.5 Å². The third-order valence-electron chi connectivity index (χ3n) is 7.68. The first kappa shape index (κ1) is 19.4. The summed E-state index contributed by atoms with van der Waals surface area (Å²) < 4.78 is 11.5. The fourth-order valence-corrected chi connectivity index (χ4v) is 6.56. The molecule has 5 fully saturated rings. The zero-order valence-corrected chi connectivity index (χ0v) is 17.1. The van der Waals surface area contributed by atoms with E-state index in [4.69, 9.17) is 9.47 Å². The van der Waals surface area contributed by atoms with Crippen molar-refractivity contribution in [2.75, 3.05) is 19.8 Å². The molecule has 1 aliphatic heterocycles. The molecule has 0 aromatic heterocycles. The molecule has 1 saturated heterocycles. The van der Waals surface area contributed by atoms with Crippen molar-refractivity contribution in [2.45, 2.75) is 63.0 Å². The Bertz CT molecular complexity index is 728. The van der Waals surface area contributed by atoms with E-state index in [-0.39, 0.29) is 11.9 Å². The molecular weight excluding hydrogens is 366 g/mol. The molecule has 0 radical (unpaired) electrons. The van der Waals surface area contributed by atoms with Gasteiger partial charge in [-0.25, -0.2) is 0 Å². The van der Waals surface area contributed by atoms with Gasteiger partial charge in [-0.1, -0.05) is 6.07 Å². The van der Waals surface area contributed by atoms with Crippen LogP contribution in [-0.2, 0) is 4.74 Å². The standard InChI is InChI=1S/C24H33NO4/c26-23(25-22-19-9-17-10-20(22)14-24(27,12-17)13-19)18-4-1-5-21(11-18)29-8-6-16-3-2-7-28-15-16/h1,4-5,11,16-17,19-20,22,27H,2-3,6-10,12-15H2,(H,25,26). The summed E-state index contributed by atoms with van der Waals surface area (Å²) in [7, 11) is 0. The van der Waals surface area contributed by atoms with Gasteiger partial charge in [-0.2, -0.15) is 0 Å². The Morgan fingerprint density at radius 2 is 2.07 bits per heavy atom. The van der Waals surface area contributed by atoms with Gasteiger partial charge in [-0.3, -0.25) is 4.79 Å². The molecule has 5 nitrogen and oxygen atoms in total. The van der Waals surface area contributed by atoms with Gasteiger partial charge in [-0.15, -0.1) is 0 Å². The molecule has 158 valence electrons. The Labute approximate surface area is 173 Å². The van der Waals surface area contributed by atoms with Crippen LogP contribution < -0.4 is 10.1 Å². The van der Waals surface area contributed by atoms with E-state index in [1.54, 1.807) is 0 Å². The van der Waals surface area contributed by atoms with E-state index in [0.717, 1.165) is 63.9 Å². The van der Waals surface area contributed by atoms with Crippen LogP contribution in [0.25, 0.3) is 0 Å². The largest absolute Gasteiger partial charge is 0.494 e. The lowest BCUT2D eigenvalue weighted by molar-refractivity contribution is -0.136. The van der Waals surface area contributed by atoms with Crippen LogP contribution in [0.3, 0.4) is 0 Å². The minimum absolute atomic E-state index is 0.0133.